The van der Waals surface area contributed by atoms with E-state index in [4.69, 9.17) is 0 Å². The molecule has 1 aromatic carbocycles. The van der Waals surface area contributed by atoms with Crippen molar-refractivity contribution in [2.24, 2.45) is 0 Å². The molecule has 98 valence electrons. The molecule has 0 bridgehead atoms. The number of rotatable bonds is 4. The summed E-state index contributed by atoms with van der Waals surface area (Å²) >= 11 is 1.58. The highest BCUT2D eigenvalue weighted by Gasteiger charge is 2.33. The fraction of sp³-hybridized carbons (Fsp3) is 0.312. The quantitative estimate of drug-likeness (QED) is 0.827. The van der Waals surface area contributed by atoms with Crippen LogP contribution in [0.25, 0.3) is 0 Å². The van der Waals surface area contributed by atoms with Crippen LogP contribution >= 0.6 is 11.3 Å². The Balaban J connectivity index is 1.78. The summed E-state index contributed by atoms with van der Waals surface area (Å²) in [7, 11) is 0. The minimum absolute atomic E-state index is 0.171. The molecule has 19 heavy (non-hydrogen) atoms. The van der Waals surface area contributed by atoms with Crippen LogP contribution in [0.15, 0.2) is 41.1 Å². The van der Waals surface area contributed by atoms with Gasteiger partial charge < -0.3 is 4.90 Å². The van der Waals surface area contributed by atoms with Crippen LogP contribution in [0.1, 0.15) is 34.3 Å². The molecule has 0 atom stereocenters. The van der Waals surface area contributed by atoms with Gasteiger partial charge in [-0.3, -0.25) is 4.79 Å². The second kappa shape index (κ2) is 5.17. The van der Waals surface area contributed by atoms with E-state index in [0.29, 0.717) is 6.04 Å². The minimum atomic E-state index is 0.171. The summed E-state index contributed by atoms with van der Waals surface area (Å²) in [5, 5.41) is 3.90. The lowest BCUT2D eigenvalue weighted by Crippen LogP contribution is -2.32. The second-order valence-electron chi connectivity index (χ2n) is 5.16. The number of carbonyl (C=O) groups is 1. The minimum Gasteiger partial charge on any atom is -0.331 e. The largest absolute Gasteiger partial charge is 0.331 e. The van der Waals surface area contributed by atoms with Gasteiger partial charge in [0.2, 0.25) is 0 Å². The first-order chi connectivity index (χ1) is 9.24. The number of hydrogen-bond donors (Lipinski definition) is 0. The summed E-state index contributed by atoms with van der Waals surface area (Å²) in [5.74, 6) is 0.171. The van der Waals surface area contributed by atoms with Gasteiger partial charge in [-0.05, 0) is 36.8 Å². The van der Waals surface area contributed by atoms with Crippen molar-refractivity contribution >= 4 is 17.2 Å². The highest BCUT2D eigenvalue weighted by molar-refractivity contribution is 7.08. The van der Waals surface area contributed by atoms with Crippen LogP contribution in [-0.4, -0.2) is 16.8 Å². The third-order valence-corrected chi connectivity index (χ3v) is 4.17. The Labute approximate surface area is 117 Å². The molecular weight excluding hydrogens is 254 g/mol. The summed E-state index contributed by atoms with van der Waals surface area (Å²) < 4.78 is 0. The SMILES string of the molecule is Cc1ccc(CN(C(=O)c2ccsc2)C2CC2)cc1. The zero-order valence-corrected chi connectivity index (χ0v) is 11.8. The average Bonchev–Trinajstić information content (AvgIpc) is 3.11. The molecule has 1 fully saturated rings. The van der Waals surface area contributed by atoms with Gasteiger partial charge in [0.25, 0.3) is 5.91 Å². The average molecular weight is 271 g/mol. The molecule has 1 aromatic heterocycles. The highest BCUT2D eigenvalue weighted by atomic mass is 32.1. The van der Waals surface area contributed by atoms with Gasteiger partial charge in [0, 0.05) is 18.0 Å². The standard InChI is InChI=1S/C16H17NOS/c1-12-2-4-13(5-3-12)10-17(15-6-7-15)16(18)14-8-9-19-11-14/h2-5,8-9,11,15H,6-7,10H2,1H3. The second-order valence-corrected chi connectivity index (χ2v) is 5.94. The molecule has 1 amide bonds. The molecule has 0 radical (unpaired) electrons. The third-order valence-electron chi connectivity index (χ3n) is 3.49. The lowest BCUT2D eigenvalue weighted by molar-refractivity contribution is 0.0730. The summed E-state index contributed by atoms with van der Waals surface area (Å²) in [4.78, 5) is 14.5. The van der Waals surface area contributed by atoms with Gasteiger partial charge in [0.15, 0.2) is 0 Å². The molecule has 0 N–H and O–H groups in total. The molecule has 3 rings (SSSR count). The molecule has 0 unspecified atom stereocenters. The molecule has 1 aliphatic carbocycles. The zero-order valence-electron chi connectivity index (χ0n) is 11.0. The van der Waals surface area contributed by atoms with Crippen LogP contribution in [0.3, 0.4) is 0 Å². The van der Waals surface area contributed by atoms with Crippen molar-refractivity contribution in [3.8, 4) is 0 Å². The van der Waals surface area contributed by atoms with Gasteiger partial charge in [0.05, 0.1) is 5.56 Å². The van der Waals surface area contributed by atoms with Crippen LogP contribution in [0, 0.1) is 6.92 Å². The maximum Gasteiger partial charge on any atom is 0.255 e. The van der Waals surface area contributed by atoms with Crippen molar-refractivity contribution < 1.29 is 4.79 Å². The number of aryl methyl sites for hydroxylation is 1. The number of nitrogens with zero attached hydrogens (tertiary/aromatic N) is 1. The Morgan fingerprint density at radius 3 is 2.58 bits per heavy atom. The summed E-state index contributed by atoms with van der Waals surface area (Å²) in [6.45, 7) is 2.80. The first-order valence-electron chi connectivity index (χ1n) is 6.63. The van der Waals surface area contributed by atoms with Crippen LogP contribution < -0.4 is 0 Å². The number of benzene rings is 1. The van der Waals surface area contributed by atoms with Gasteiger partial charge in [-0.15, -0.1) is 0 Å². The van der Waals surface area contributed by atoms with Gasteiger partial charge in [0.1, 0.15) is 0 Å². The Morgan fingerprint density at radius 2 is 2.00 bits per heavy atom. The topological polar surface area (TPSA) is 20.3 Å². The summed E-state index contributed by atoms with van der Waals surface area (Å²) in [6, 6.07) is 10.8. The monoisotopic (exact) mass is 271 g/mol. The molecule has 2 aromatic rings. The molecule has 1 heterocycles. The van der Waals surface area contributed by atoms with Gasteiger partial charge in [-0.2, -0.15) is 11.3 Å². The van der Waals surface area contributed by atoms with Gasteiger partial charge >= 0.3 is 0 Å². The van der Waals surface area contributed by atoms with E-state index in [1.54, 1.807) is 11.3 Å². The van der Waals surface area contributed by atoms with E-state index in [0.717, 1.165) is 24.9 Å². The smallest absolute Gasteiger partial charge is 0.255 e. The Hall–Kier alpha value is -1.61. The molecule has 0 saturated heterocycles. The van der Waals surface area contributed by atoms with Crippen molar-refractivity contribution in [1.82, 2.24) is 4.90 Å². The van der Waals surface area contributed by atoms with Crippen molar-refractivity contribution in [3.05, 3.63) is 57.8 Å². The number of carbonyl (C=O) groups excluding carboxylic acids is 1. The van der Waals surface area contributed by atoms with Crippen LogP contribution in [0.4, 0.5) is 0 Å². The lowest BCUT2D eigenvalue weighted by atomic mass is 10.1. The number of thiophene rings is 1. The molecule has 1 saturated carbocycles. The normalized spacial score (nSPS) is 14.4. The highest BCUT2D eigenvalue weighted by Crippen LogP contribution is 2.30. The summed E-state index contributed by atoms with van der Waals surface area (Å²) in [5.41, 5.74) is 3.29. The maximum absolute atomic E-state index is 12.5. The third kappa shape index (κ3) is 2.87. The molecule has 3 heteroatoms. The summed E-state index contributed by atoms with van der Waals surface area (Å²) in [6.07, 6.45) is 2.28. The van der Waals surface area contributed by atoms with Gasteiger partial charge in [-0.1, -0.05) is 29.8 Å². The number of amides is 1. The van der Waals surface area contributed by atoms with Crippen molar-refractivity contribution in [2.75, 3.05) is 0 Å². The molecule has 1 aliphatic rings. The molecule has 0 spiro atoms. The van der Waals surface area contributed by atoms with E-state index in [1.165, 1.54) is 11.1 Å². The first kappa shape index (κ1) is 12.4. The number of hydrogen-bond acceptors (Lipinski definition) is 2. The van der Waals surface area contributed by atoms with Gasteiger partial charge in [-0.25, -0.2) is 0 Å². The molecule has 0 aliphatic heterocycles. The predicted octanol–water partition coefficient (Wildman–Crippen LogP) is 3.86. The molecular formula is C16H17NOS. The Morgan fingerprint density at radius 1 is 1.26 bits per heavy atom. The fourth-order valence-corrected chi connectivity index (χ4v) is 2.82. The van der Waals surface area contributed by atoms with E-state index < -0.39 is 0 Å². The Kier molecular flexibility index (Phi) is 3.38. The van der Waals surface area contributed by atoms with Crippen molar-refractivity contribution in [1.29, 1.82) is 0 Å². The van der Waals surface area contributed by atoms with E-state index in [1.807, 2.05) is 21.7 Å². The lowest BCUT2D eigenvalue weighted by Gasteiger charge is -2.22. The van der Waals surface area contributed by atoms with Crippen LogP contribution in [0.2, 0.25) is 0 Å². The van der Waals surface area contributed by atoms with E-state index in [9.17, 15) is 4.79 Å². The van der Waals surface area contributed by atoms with Crippen molar-refractivity contribution in [2.45, 2.75) is 32.4 Å². The van der Waals surface area contributed by atoms with Crippen molar-refractivity contribution in [3.63, 3.8) is 0 Å². The predicted molar refractivity (Wildman–Crippen MR) is 78.4 cm³/mol. The maximum atomic E-state index is 12.5. The van der Waals surface area contributed by atoms with E-state index >= 15 is 0 Å². The first-order valence-corrected chi connectivity index (χ1v) is 7.57. The Bertz CT molecular complexity index is 555. The molecule has 2 nitrogen and oxygen atoms in total. The van der Waals surface area contributed by atoms with Crippen LogP contribution in [0.5, 0.6) is 0 Å². The fourth-order valence-electron chi connectivity index (χ4n) is 2.20. The zero-order chi connectivity index (χ0) is 13.2. The van der Waals surface area contributed by atoms with Crippen LogP contribution in [-0.2, 0) is 6.54 Å². The van der Waals surface area contributed by atoms with E-state index in [2.05, 4.69) is 31.2 Å². The van der Waals surface area contributed by atoms with E-state index in [-0.39, 0.29) is 5.91 Å².